The summed E-state index contributed by atoms with van der Waals surface area (Å²) < 4.78 is 28.2. The molecule has 69 heavy (non-hydrogen) atoms. The van der Waals surface area contributed by atoms with Gasteiger partial charge in [-0.2, -0.15) is 0 Å². The van der Waals surface area contributed by atoms with E-state index >= 15 is 0 Å². The van der Waals surface area contributed by atoms with Crippen LogP contribution in [0.15, 0.2) is 85.1 Å². The Hall–Kier alpha value is -4.10. The van der Waals surface area contributed by atoms with E-state index in [-0.39, 0.29) is 25.9 Å². The number of aliphatic hydroxyl groups is 2. The van der Waals surface area contributed by atoms with Gasteiger partial charge in [0.05, 0.1) is 6.61 Å². The number of carbonyl (C=O) groups excluding carboxylic acids is 3. The van der Waals surface area contributed by atoms with Gasteiger partial charge in [0.25, 0.3) is 0 Å². The van der Waals surface area contributed by atoms with E-state index in [9.17, 15) is 34.5 Å². The molecule has 1 heterocycles. The van der Waals surface area contributed by atoms with Gasteiger partial charge in [-0.1, -0.05) is 189 Å². The van der Waals surface area contributed by atoms with E-state index in [1.54, 1.807) is 0 Å². The Bertz CT molecular complexity index is 1530. The summed E-state index contributed by atoms with van der Waals surface area (Å²) in [6.45, 7) is 5.68. The maximum atomic E-state index is 13.1. The molecule has 0 radical (unpaired) electrons. The number of aliphatic hydroxyl groups excluding tert-OH is 2. The van der Waals surface area contributed by atoms with Crippen molar-refractivity contribution < 1.29 is 58.2 Å². The molecular weight excluding hydrogens is 877 g/mol. The summed E-state index contributed by atoms with van der Waals surface area (Å²) in [5, 5.41) is 31.3. The van der Waals surface area contributed by atoms with Gasteiger partial charge in [-0.05, 0) is 77.0 Å². The summed E-state index contributed by atoms with van der Waals surface area (Å²) in [5.41, 5.74) is 0. The lowest BCUT2D eigenvalue weighted by Crippen LogP contribution is -2.61. The van der Waals surface area contributed by atoms with E-state index in [4.69, 9.17) is 23.7 Å². The first kappa shape index (κ1) is 62.9. The number of aliphatic carboxylic acids is 1. The van der Waals surface area contributed by atoms with E-state index in [0.29, 0.717) is 25.7 Å². The number of rotatable bonds is 43. The molecule has 0 amide bonds. The minimum absolute atomic E-state index is 0.0645. The van der Waals surface area contributed by atoms with Gasteiger partial charge in [-0.25, -0.2) is 4.79 Å². The minimum atomic E-state index is -1.93. The van der Waals surface area contributed by atoms with Crippen LogP contribution < -0.4 is 0 Å². The van der Waals surface area contributed by atoms with Crippen LogP contribution in [-0.4, -0.2) is 89.2 Å². The fraction of sp³-hybridized carbons (Fsp3) is 0.684. The molecule has 1 aliphatic rings. The van der Waals surface area contributed by atoms with Crippen LogP contribution in [0.3, 0.4) is 0 Å². The van der Waals surface area contributed by atoms with Crippen molar-refractivity contribution in [3.63, 3.8) is 0 Å². The smallest absolute Gasteiger partial charge is 0.335 e. The number of esters is 3. The van der Waals surface area contributed by atoms with Crippen molar-refractivity contribution in [2.75, 3.05) is 13.2 Å². The Morgan fingerprint density at radius 2 is 0.942 bits per heavy atom. The average molecular weight is 969 g/mol. The zero-order chi connectivity index (χ0) is 50.4. The molecule has 0 aromatic rings. The first-order chi connectivity index (χ1) is 33.6. The summed E-state index contributed by atoms with van der Waals surface area (Å²) >= 11 is 0. The van der Waals surface area contributed by atoms with Crippen LogP contribution in [0.1, 0.15) is 201 Å². The molecule has 12 heteroatoms. The van der Waals surface area contributed by atoms with Gasteiger partial charge >= 0.3 is 23.9 Å². The first-order valence-corrected chi connectivity index (χ1v) is 26.6. The van der Waals surface area contributed by atoms with Crippen molar-refractivity contribution >= 4 is 23.9 Å². The Morgan fingerprint density at radius 1 is 0.493 bits per heavy atom. The van der Waals surface area contributed by atoms with Crippen molar-refractivity contribution in [1.29, 1.82) is 0 Å². The van der Waals surface area contributed by atoms with Crippen molar-refractivity contribution in [3.8, 4) is 0 Å². The van der Waals surface area contributed by atoms with Crippen LogP contribution in [-0.2, 0) is 42.9 Å². The molecule has 0 aliphatic carbocycles. The molecule has 1 rings (SSSR count). The van der Waals surface area contributed by atoms with Crippen LogP contribution in [0.4, 0.5) is 0 Å². The highest BCUT2D eigenvalue weighted by molar-refractivity contribution is 5.74. The maximum absolute atomic E-state index is 13.1. The quantitative estimate of drug-likeness (QED) is 0.0229. The summed E-state index contributed by atoms with van der Waals surface area (Å²) in [5.74, 6) is -3.25. The third-order valence-electron chi connectivity index (χ3n) is 11.5. The summed E-state index contributed by atoms with van der Waals surface area (Å²) in [6, 6.07) is 0. The lowest BCUT2D eigenvalue weighted by atomic mass is 9.98. The molecule has 0 saturated carbocycles. The Balaban J connectivity index is 2.77. The van der Waals surface area contributed by atoms with E-state index in [2.05, 4.69) is 87.6 Å². The average Bonchev–Trinajstić information content (AvgIpc) is 3.33. The fourth-order valence-corrected chi connectivity index (χ4v) is 7.45. The Labute approximate surface area is 416 Å². The standard InChI is InChI=1S/C57H92O12/c1-4-7-10-13-16-19-22-24-25-27-29-31-34-37-40-43-49(58)65-46-48(67-50(59)44-41-38-35-32-28-21-18-15-12-9-6-3)47-66-57-55(53(62)52(61)54(69-57)56(63)64)68-51(60)45-42-39-36-33-30-26-23-20-17-14-11-8-5-2/h7-8,10-11,16-17,19-20,24-26,30,36,39,48,52-55,57,61-62H,4-6,9,12-15,18,21-23,27-29,31-35,37-38,40-47H2,1-3H3,(H,63,64)/b10-7-,11-8-,19-16-,20-17-,25-24-,30-26-,39-36-. The minimum Gasteiger partial charge on any atom is -0.479 e. The highest BCUT2D eigenvalue weighted by Crippen LogP contribution is 2.26. The molecule has 1 saturated heterocycles. The number of hydrogen-bond donors (Lipinski definition) is 3. The van der Waals surface area contributed by atoms with Crippen LogP contribution in [0.5, 0.6) is 0 Å². The zero-order valence-corrected chi connectivity index (χ0v) is 42.8. The largest absolute Gasteiger partial charge is 0.479 e. The normalized spacial score (nSPS) is 19.3. The molecule has 0 aromatic carbocycles. The van der Waals surface area contributed by atoms with Gasteiger partial charge in [0.1, 0.15) is 18.8 Å². The van der Waals surface area contributed by atoms with Gasteiger partial charge in [0, 0.05) is 19.3 Å². The van der Waals surface area contributed by atoms with E-state index in [1.807, 2.05) is 18.2 Å². The summed E-state index contributed by atoms with van der Waals surface area (Å²) in [7, 11) is 0. The number of carboxylic acid groups (broad SMARTS) is 1. The molecule has 0 spiro atoms. The third kappa shape index (κ3) is 35.6. The number of carbonyl (C=O) groups is 4. The van der Waals surface area contributed by atoms with Crippen LogP contribution in [0.25, 0.3) is 0 Å². The molecule has 12 nitrogen and oxygen atoms in total. The topological polar surface area (TPSA) is 175 Å². The van der Waals surface area contributed by atoms with E-state index < -0.39 is 67.3 Å². The van der Waals surface area contributed by atoms with Gasteiger partial charge in [-0.3, -0.25) is 14.4 Å². The monoisotopic (exact) mass is 969 g/mol. The van der Waals surface area contributed by atoms with Gasteiger partial charge in [-0.15, -0.1) is 0 Å². The molecule has 6 atom stereocenters. The number of hydrogen-bond acceptors (Lipinski definition) is 11. The first-order valence-electron chi connectivity index (χ1n) is 26.6. The van der Waals surface area contributed by atoms with Gasteiger partial charge < -0.3 is 39.0 Å². The predicted molar refractivity (Wildman–Crippen MR) is 275 cm³/mol. The van der Waals surface area contributed by atoms with Crippen LogP contribution in [0.2, 0.25) is 0 Å². The fourth-order valence-electron chi connectivity index (χ4n) is 7.45. The molecule has 3 N–H and O–H groups in total. The lowest BCUT2D eigenvalue weighted by molar-refractivity contribution is -0.301. The molecular formula is C57H92O12. The van der Waals surface area contributed by atoms with Crippen molar-refractivity contribution in [2.45, 2.75) is 237 Å². The van der Waals surface area contributed by atoms with Crippen molar-refractivity contribution in [2.24, 2.45) is 0 Å². The maximum Gasteiger partial charge on any atom is 0.335 e. The molecule has 0 aromatic heterocycles. The Morgan fingerprint density at radius 3 is 1.45 bits per heavy atom. The zero-order valence-electron chi connectivity index (χ0n) is 42.8. The molecule has 6 unspecified atom stereocenters. The second-order valence-corrected chi connectivity index (χ2v) is 17.8. The highest BCUT2D eigenvalue weighted by atomic mass is 16.7. The van der Waals surface area contributed by atoms with Crippen LogP contribution >= 0.6 is 0 Å². The molecule has 1 fully saturated rings. The second kappa shape index (κ2) is 45.1. The number of unbranched alkanes of at least 4 members (excludes halogenated alkanes) is 15. The third-order valence-corrected chi connectivity index (χ3v) is 11.5. The van der Waals surface area contributed by atoms with Crippen molar-refractivity contribution in [3.05, 3.63) is 85.1 Å². The number of allylic oxidation sites excluding steroid dienone is 14. The molecule has 392 valence electrons. The molecule has 1 aliphatic heterocycles. The van der Waals surface area contributed by atoms with Crippen LogP contribution in [0, 0.1) is 0 Å². The molecule has 0 bridgehead atoms. The summed E-state index contributed by atoms with van der Waals surface area (Å²) in [4.78, 5) is 50.8. The SMILES string of the molecule is CC/C=C\C/C=C\C/C=C\C/C=C\CCC(=O)OC1C(OCC(COC(=O)CCCCCCC/C=C\C/C=C\C/C=C\CC)OC(=O)CCCCCCCCCCCCC)OC(C(=O)O)C(O)C1O. The number of ether oxygens (including phenoxy) is 5. The summed E-state index contributed by atoms with van der Waals surface area (Å²) in [6.07, 6.45) is 44.4. The second-order valence-electron chi connectivity index (χ2n) is 17.8. The van der Waals surface area contributed by atoms with E-state index in [0.717, 1.165) is 89.9 Å². The van der Waals surface area contributed by atoms with E-state index in [1.165, 1.54) is 44.9 Å². The highest BCUT2D eigenvalue weighted by Gasteiger charge is 2.50. The van der Waals surface area contributed by atoms with Gasteiger partial charge in [0.15, 0.2) is 24.6 Å². The number of carboxylic acids is 1. The predicted octanol–water partition coefficient (Wildman–Crippen LogP) is 12.8. The van der Waals surface area contributed by atoms with Crippen molar-refractivity contribution in [1.82, 2.24) is 0 Å². The lowest BCUT2D eigenvalue weighted by Gasteiger charge is -2.40. The van der Waals surface area contributed by atoms with Gasteiger partial charge in [0.2, 0.25) is 0 Å². The Kier molecular flexibility index (Phi) is 41.1.